The fraction of sp³-hybridized carbons (Fsp3) is 0.273. The van der Waals surface area contributed by atoms with Gasteiger partial charge in [0.05, 0.1) is 16.7 Å². The highest BCUT2D eigenvalue weighted by atomic mass is 35.5. The number of benzene rings is 2. The Bertz CT molecular complexity index is 1370. The molecule has 4 aromatic rings. The third kappa shape index (κ3) is 4.54. The molecule has 33 heavy (non-hydrogen) atoms. The minimum atomic E-state index is -0.151. The SMILES string of the molecule is COCCCn1c(SCc2nc(-c3cccc(Cl)c3)no2)nc2cc3c(cc2c1=O)OCO3. The molecule has 9 nitrogen and oxygen atoms in total. The number of nitrogens with zero attached hydrogens (tertiary/aromatic N) is 4. The molecule has 1 aliphatic rings. The van der Waals surface area contributed by atoms with Crippen LogP contribution in [0.3, 0.4) is 0 Å². The third-order valence-electron chi connectivity index (χ3n) is 5.02. The molecular weight excluding hydrogens is 468 g/mol. The van der Waals surface area contributed by atoms with Gasteiger partial charge in [-0.3, -0.25) is 9.36 Å². The number of halogens is 1. The van der Waals surface area contributed by atoms with Crippen molar-refractivity contribution in [2.24, 2.45) is 0 Å². The maximum atomic E-state index is 13.3. The van der Waals surface area contributed by atoms with E-state index in [2.05, 4.69) is 10.1 Å². The molecule has 0 atom stereocenters. The Morgan fingerprint density at radius 3 is 2.85 bits per heavy atom. The van der Waals surface area contributed by atoms with Gasteiger partial charge < -0.3 is 18.7 Å². The van der Waals surface area contributed by atoms with Crippen LogP contribution in [0, 0.1) is 0 Å². The van der Waals surface area contributed by atoms with Crippen molar-refractivity contribution in [1.82, 2.24) is 19.7 Å². The van der Waals surface area contributed by atoms with Gasteiger partial charge in [0, 0.05) is 36.9 Å². The highest BCUT2D eigenvalue weighted by Gasteiger charge is 2.20. The molecule has 0 saturated carbocycles. The van der Waals surface area contributed by atoms with Crippen LogP contribution in [0.4, 0.5) is 0 Å². The van der Waals surface area contributed by atoms with E-state index in [1.54, 1.807) is 35.9 Å². The molecular formula is C22H19ClN4O5S. The fourth-order valence-electron chi connectivity index (χ4n) is 3.45. The number of fused-ring (bicyclic) bond motifs is 2. The zero-order valence-corrected chi connectivity index (χ0v) is 19.2. The summed E-state index contributed by atoms with van der Waals surface area (Å²) in [6.07, 6.45) is 0.668. The summed E-state index contributed by atoms with van der Waals surface area (Å²) < 4.78 is 23.1. The van der Waals surface area contributed by atoms with Crippen molar-refractivity contribution < 1.29 is 18.7 Å². The average molecular weight is 487 g/mol. The molecule has 0 amide bonds. The summed E-state index contributed by atoms with van der Waals surface area (Å²) in [5.74, 6) is 2.33. The van der Waals surface area contributed by atoms with Crippen molar-refractivity contribution in [2.45, 2.75) is 23.9 Å². The quantitative estimate of drug-likeness (QED) is 0.206. The highest BCUT2D eigenvalue weighted by Crippen LogP contribution is 2.35. The summed E-state index contributed by atoms with van der Waals surface area (Å²) in [5.41, 5.74) is 1.15. The standard InChI is InChI=1S/C22H19ClN4O5S/c1-29-7-3-6-27-21(28)15-9-17-18(31-12-30-17)10-16(15)24-22(27)33-11-19-25-20(26-32-19)13-4-2-5-14(23)8-13/h2,4-5,8-10H,3,6-7,11-12H2,1H3. The predicted molar refractivity (Wildman–Crippen MR) is 123 cm³/mol. The maximum Gasteiger partial charge on any atom is 0.262 e. The molecule has 0 N–H and O–H groups in total. The second-order valence-electron chi connectivity index (χ2n) is 7.23. The summed E-state index contributed by atoms with van der Waals surface area (Å²) in [7, 11) is 1.63. The number of methoxy groups -OCH3 is 1. The zero-order valence-electron chi connectivity index (χ0n) is 17.6. The lowest BCUT2D eigenvalue weighted by Crippen LogP contribution is -2.24. The van der Waals surface area contributed by atoms with E-state index in [1.165, 1.54) is 11.8 Å². The Labute approximate surface area is 197 Å². The van der Waals surface area contributed by atoms with Crippen molar-refractivity contribution in [1.29, 1.82) is 0 Å². The van der Waals surface area contributed by atoms with Crippen molar-refractivity contribution in [3.05, 3.63) is 57.7 Å². The van der Waals surface area contributed by atoms with Crippen molar-refractivity contribution in [2.75, 3.05) is 20.5 Å². The largest absolute Gasteiger partial charge is 0.454 e. The van der Waals surface area contributed by atoms with Crippen molar-refractivity contribution in [3.63, 3.8) is 0 Å². The predicted octanol–water partition coefficient (Wildman–Crippen LogP) is 4.16. The van der Waals surface area contributed by atoms with Crippen LogP contribution in [0.15, 0.2) is 50.9 Å². The first-order chi connectivity index (χ1) is 16.1. The maximum absolute atomic E-state index is 13.3. The van der Waals surface area contributed by atoms with E-state index in [9.17, 15) is 4.79 Å². The highest BCUT2D eigenvalue weighted by molar-refractivity contribution is 7.98. The van der Waals surface area contributed by atoms with Crippen LogP contribution in [0.25, 0.3) is 22.3 Å². The Morgan fingerprint density at radius 2 is 2.03 bits per heavy atom. The van der Waals surface area contributed by atoms with Gasteiger partial charge in [-0.1, -0.05) is 40.7 Å². The van der Waals surface area contributed by atoms with E-state index in [0.717, 1.165) is 5.56 Å². The van der Waals surface area contributed by atoms with E-state index < -0.39 is 0 Å². The van der Waals surface area contributed by atoms with Crippen LogP contribution >= 0.6 is 23.4 Å². The smallest absolute Gasteiger partial charge is 0.262 e. The molecule has 0 fully saturated rings. The summed E-state index contributed by atoms with van der Waals surface area (Å²) in [6, 6.07) is 10.6. The van der Waals surface area contributed by atoms with Gasteiger partial charge in [-0.05, 0) is 24.6 Å². The Hall–Kier alpha value is -3.08. The lowest BCUT2D eigenvalue weighted by Gasteiger charge is -2.12. The van der Waals surface area contributed by atoms with Crippen LogP contribution in [0.5, 0.6) is 11.5 Å². The van der Waals surface area contributed by atoms with Gasteiger partial charge >= 0.3 is 0 Å². The molecule has 0 aliphatic carbocycles. The van der Waals surface area contributed by atoms with Crippen molar-refractivity contribution in [3.8, 4) is 22.9 Å². The molecule has 170 valence electrons. The number of hydrogen-bond acceptors (Lipinski definition) is 9. The molecule has 11 heteroatoms. The van der Waals surface area contributed by atoms with Gasteiger partial charge in [0.25, 0.3) is 5.56 Å². The number of aromatic nitrogens is 4. The minimum absolute atomic E-state index is 0.126. The monoisotopic (exact) mass is 486 g/mol. The molecule has 0 spiro atoms. The van der Waals surface area contributed by atoms with Crippen LogP contribution < -0.4 is 15.0 Å². The molecule has 0 radical (unpaired) electrons. The second kappa shape index (κ2) is 9.42. The third-order valence-corrected chi connectivity index (χ3v) is 6.22. The molecule has 1 aliphatic heterocycles. The van der Waals surface area contributed by atoms with Gasteiger partial charge in [0.1, 0.15) is 0 Å². The molecule has 0 unspecified atom stereocenters. The van der Waals surface area contributed by atoms with E-state index in [1.807, 2.05) is 12.1 Å². The lowest BCUT2D eigenvalue weighted by atomic mass is 10.2. The lowest BCUT2D eigenvalue weighted by molar-refractivity contribution is 0.174. The fourth-order valence-corrected chi connectivity index (χ4v) is 4.50. The summed E-state index contributed by atoms with van der Waals surface area (Å²) in [5, 5.41) is 5.65. The van der Waals surface area contributed by atoms with Gasteiger partial charge in [0.15, 0.2) is 16.7 Å². The molecule has 5 rings (SSSR count). The van der Waals surface area contributed by atoms with E-state index >= 15 is 0 Å². The van der Waals surface area contributed by atoms with Crippen LogP contribution in [-0.2, 0) is 17.0 Å². The summed E-state index contributed by atoms with van der Waals surface area (Å²) in [4.78, 5) is 22.5. The average Bonchev–Trinajstić information content (AvgIpc) is 3.47. The number of hydrogen-bond donors (Lipinski definition) is 0. The number of thioether (sulfide) groups is 1. The molecule has 2 aromatic heterocycles. The molecule has 0 saturated heterocycles. The molecule has 2 aromatic carbocycles. The van der Waals surface area contributed by atoms with Crippen molar-refractivity contribution >= 4 is 34.3 Å². The van der Waals surface area contributed by atoms with Crippen LogP contribution in [0.1, 0.15) is 12.3 Å². The first-order valence-corrected chi connectivity index (χ1v) is 11.5. The first kappa shape index (κ1) is 21.7. The van der Waals surface area contributed by atoms with Gasteiger partial charge in [-0.25, -0.2) is 4.98 Å². The van der Waals surface area contributed by atoms with Gasteiger partial charge in [0.2, 0.25) is 18.5 Å². The van der Waals surface area contributed by atoms with Gasteiger partial charge in [-0.15, -0.1) is 0 Å². The summed E-state index contributed by atoms with van der Waals surface area (Å²) in [6.45, 7) is 1.12. The molecule has 3 heterocycles. The van der Waals surface area contributed by atoms with E-state index in [-0.39, 0.29) is 12.4 Å². The first-order valence-electron chi connectivity index (χ1n) is 10.2. The number of ether oxygens (including phenoxy) is 3. The van der Waals surface area contributed by atoms with E-state index in [4.69, 9.17) is 35.3 Å². The minimum Gasteiger partial charge on any atom is -0.454 e. The van der Waals surface area contributed by atoms with Crippen LogP contribution in [-0.4, -0.2) is 40.2 Å². The second-order valence-corrected chi connectivity index (χ2v) is 8.61. The Morgan fingerprint density at radius 1 is 1.18 bits per heavy atom. The van der Waals surface area contributed by atoms with Crippen LogP contribution in [0.2, 0.25) is 5.02 Å². The number of rotatable bonds is 8. The Balaban J connectivity index is 1.44. The normalized spacial score (nSPS) is 12.5. The van der Waals surface area contributed by atoms with Gasteiger partial charge in [-0.2, -0.15) is 4.98 Å². The van der Waals surface area contributed by atoms with E-state index in [0.29, 0.717) is 69.6 Å². The zero-order chi connectivity index (χ0) is 22.8. The summed E-state index contributed by atoms with van der Waals surface area (Å²) >= 11 is 7.40. The topological polar surface area (TPSA) is 102 Å². The Kier molecular flexibility index (Phi) is 6.21. The molecule has 0 bridgehead atoms.